The van der Waals surface area contributed by atoms with Crippen LogP contribution in [0, 0.1) is 0 Å². The molecule has 0 spiro atoms. The first-order valence-electron chi connectivity index (χ1n) is 35.1. The lowest BCUT2D eigenvalue weighted by molar-refractivity contribution is 1.08. The fraction of sp³-hybridized carbons (Fsp3) is 0.0105. The quantitative estimate of drug-likeness (QED) is 0.158. The minimum Gasteiger partial charge on any atom is -0.309 e. The summed E-state index contributed by atoms with van der Waals surface area (Å²) in [5, 5.41) is 18.2. The number of hydrogen-bond acceptors (Lipinski definition) is 8. The lowest BCUT2D eigenvalue weighted by atomic mass is 9.96. The second-order valence-corrected chi connectivity index (χ2v) is 29.1. The van der Waals surface area contributed by atoms with Gasteiger partial charge in [-0.1, -0.05) is 279 Å². The van der Waals surface area contributed by atoms with E-state index in [2.05, 4.69) is 235 Å². The van der Waals surface area contributed by atoms with Crippen molar-refractivity contribution in [2.75, 3.05) is 0 Å². The van der Waals surface area contributed by atoms with Crippen LogP contribution in [0.5, 0.6) is 0 Å². The van der Waals surface area contributed by atoms with Crippen LogP contribution in [0.4, 0.5) is 0 Å². The topological polar surface area (TPSA) is 82.3 Å². The number of thiophene rings is 2. The van der Waals surface area contributed by atoms with Crippen LogP contribution in [-0.4, -0.2) is 34.5 Å². The highest BCUT2D eigenvalue weighted by Gasteiger charge is 2.24. The molecule has 5 aromatic heterocycles. The van der Waals surface area contributed by atoms with Gasteiger partial charge in [0.05, 0.1) is 11.0 Å². The number of rotatable bonds is 7. The van der Waals surface area contributed by atoms with E-state index in [1.54, 1.807) is 11.3 Å². The molecule has 0 fully saturated rings. The molecule has 0 saturated heterocycles. The van der Waals surface area contributed by atoms with Gasteiger partial charge in [0, 0.05) is 95.2 Å². The van der Waals surface area contributed by atoms with Crippen LogP contribution in [0.15, 0.2) is 340 Å². The summed E-state index contributed by atoms with van der Waals surface area (Å²) < 4.78 is 7.24. The van der Waals surface area contributed by atoms with E-state index in [1.165, 1.54) is 111 Å². The van der Waals surface area contributed by atoms with E-state index >= 15 is 0 Å². The third-order valence-electron chi connectivity index (χ3n) is 20.2. The highest BCUT2D eigenvalue weighted by atomic mass is 35.5. The minimum atomic E-state index is 0.656. The van der Waals surface area contributed by atoms with Gasteiger partial charge in [0.2, 0.25) is 0 Å². The molecule has 21 aromatic rings. The van der Waals surface area contributed by atoms with Crippen molar-refractivity contribution in [3.05, 3.63) is 356 Å². The van der Waals surface area contributed by atoms with E-state index in [1.807, 2.05) is 121 Å². The van der Waals surface area contributed by atoms with Crippen molar-refractivity contribution in [3.8, 4) is 85.1 Å². The maximum absolute atomic E-state index is 6.35. The zero-order valence-corrected chi connectivity index (χ0v) is 58.8. The van der Waals surface area contributed by atoms with Crippen LogP contribution < -0.4 is 0 Å². The van der Waals surface area contributed by atoms with Crippen molar-refractivity contribution in [2.45, 2.75) is 6.42 Å². The van der Waals surface area contributed by atoms with Crippen LogP contribution in [0.2, 0.25) is 5.02 Å². The molecule has 16 aromatic carbocycles. The molecule has 0 bridgehead atoms. The van der Waals surface area contributed by atoms with Crippen LogP contribution in [0.1, 0.15) is 11.1 Å². The van der Waals surface area contributed by atoms with Crippen LogP contribution in [0.3, 0.4) is 0 Å². The Kier molecular flexibility index (Phi) is 15.3. The van der Waals surface area contributed by atoms with Gasteiger partial charge in [0.25, 0.3) is 0 Å². The van der Waals surface area contributed by atoms with E-state index in [9.17, 15) is 0 Å². The van der Waals surface area contributed by atoms with Crippen molar-refractivity contribution >= 4 is 140 Å². The molecule has 1 aliphatic rings. The molecule has 105 heavy (non-hydrogen) atoms. The summed E-state index contributed by atoms with van der Waals surface area (Å²) in [6, 6.07) is 119. The average Bonchev–Trinajstić information content (AvgIpc) is 1.46. The van der Waals surface area contributed by atoms with Crippen molar-refractivity contribution < 1.29 is 0 Å². The van der Waals surface area contributed by atoms with Crippen molar-refractivity contribution in [1.82, 2.24) is 34.5 Å². The maximum atomic E-state index is 6.35. The number of aromatic nitrogens is 7. The summed E-state index contributed by atoms with van der Waals surface area (Å²) in [5.74, 6) is 3.95. The third-order valence-corrected chi connectivity index (χ3v) is 22.7. The lowest BCUT2D eigenvalue weighted by Crippen LogP contribution is -2.00. The standard InChI is InChI=1S/C47H28N4S.C27H16ClN3S.C21H14/c1-3-13-30(14-4-1)45-48-46(31-15-5-2-6-16-31)50-47(49-45)36-20-11-21-42-44(36)38-28-34(23-25-41(38)52-42)51-39-24-22-29-12-9-10-19-35(29)43(39)37-26-32-17-7-8-18-33(32)27-40(37)51;28-19-14-15-22-21(16-19)24-20(12-7-13-23(24)32-22)27-30-25(17-8-3-1-4-9-17)29-26(31-27)18-10-5-2-6-11-18;1-2-7-16-13-20-18(11-15(16)6-1)12-17-10-9-14-5-3-4-8-19(14)21(17)20/h1-28H;1-16H;1-11,13H,12H2. The van der Waals surface area contributed by atoms with Gasteiger partial charge in [0.15, 0.2) is 34.9 Å². The molecular weight excluding hydrogens is 1340 g/mol. The Morgan fingerprint density at radius 3 is 1.25 bits per heavy atom. The molecule has 0 saturated carbocycles. The molecule has 0 atom stereocenters. The highest BCUT2D eigenvalue weighted by molar-refractivity contribution is 7.26. The van der Waals surface area contributed by atoms with Gasteiger partial charge in [-0.2, -0.15) is 0 Å². The number of hydrogen-bond donors (Lipinski definition) is 0. The molecule has 0 radical (unpaired) electrons. The van der Waals surface area contributed by atoms with Crippen molar-refractivity contribution in [1.29, 1.82) is 0 Å². The normalized spacial score (nSPS) is 11.8. The van der Waals surface area contributed by atoms with Gasteiger partial charge in [-0.15, -0.1) is 22.7 Å². The first kappa shape index (κ1) is 61.9. The Morgan fingerprint density at radius 1 is 0.257 bits per heavy atom. The van der Waals surface area contributed by atoms with E-state index in [4.69, 9.17) is 41.5 Å². The van der Waals surface area contributed by atoms with Gasteiger partial charge in [-0.3, -0.25) is 0 Å². The summed E-state index contributed by atoms with van der Waals surface area (Å²) in [6.07, 6.45) is 1.06. The Hall–Kier alpha value is -12.9. The van der Waals surface area contributed by atoms with Crippen LogP contribution in [0.25, 0.3) is 190 Å². The average molecular weight is 1400 g/mol. The Bertz CT molecular complexity index is 6900. The second-order valence-electron chi connectivity index (χ2n) is 26.5. The van der Waals surface area contributed by atoms with Crippen molar-refractivity contribution in [2.24, 2.45) is 0 Å². The van der Waals surface area contributed by atoms with Crippen LogP contribution in [-0.2, 0) is 6.42 Å². The Morgan fingerprint density at radius 2 is 0.695 bits per heavy atom. The third kappa shape index (κ3) is 11.1. The van der Waals surface area contributed by atoms with Gasteiger partial charge in [-0.25, -0.2) is 29.9 Å². The summed E-state index contributed by atoms with van der Waals surface area (Å²) >= 11 is 9.91. The van der Waals surface area contributed by atoms with E-state index in [0.29, 0.717) is 34.9 Å². The van der Waals surface area contributed by atoms with Gasteiger partial charge >= 0.3 is 0 Å². The minimum absolute atomic E-state index is 0.656. The molecule has 22 rings (SSSR count). The molecule has 10 heteroatoms. The molecule has 492 valence electrons. The zero-order chi connectivity index (χ0) is 69.5. The molecular formula is C95H58ClN7S2. The first-order chi connectivity index (χ1) is 51.9. The summed E-state index contributed by atoms with van der Waals surface area (Å²) in [6.45, 7) is 0. The smallest absolute Gasteiger partial charge is 0.164 e. The predicted octanol–water partition coefficient (Wildman–Crippen LogP) is 26.1. The van der Waals surface area contributed by atoms with E-state index < -0.39 is 0 Å². The van der Waals surface area contributed by atoms with E-state index in [-0.39, 0.29) is 0 Å². The molecule has 0 amide bonds. The second kappa shape index (κ2) is 25.9. The van der Waals surface area contributed by atoms with E-state index in [0.717, 1.165) is 66.7 Å². The summed E-state index contributed by atoms with van der Waals surface area (Å²) in [5.41, 5.74) is 15.1. The van der Waals surface area contributed by atoms with Crippen molar-refractivity contribution in [3.63, 3.8) is 0 Å². The van der Waals surface area contributed by atoms with Gasteiger partial charge in [-0.05, 0) is 145 Å². The fourth-order valence-corrected chi connectivity index (χ4v) is 17.8. The number of halogens is 1. The first-order valence-corrected chi connectivity index (χ1v) is 37.1. The summed E-state index contributed by atoms with van der Waals surface area (Å²) in [7, 11) is 0. The highest BCUT2D eigenvalue weighted by Crippen LogP contribution is 2.47. The van der Waals surface area contributed by atoms with Gasteiger partial charge in [0.1, 0.15) is 0 Å². The molecule has 0 N–H and O–H groups in total. The number of benzene rings is 16. The summed E-state index contributed by atoms with van der Waals surface area (Å²) in [4.78, 5) is 29.8. The maximum Gasteiger partial charge on any atom is 0.164 e. The lowest BCUT2D eigenvalue weighted by Gasteiger charge is -2.11. The molecule has 7 nitrogen and oxygen atoms in total. The predicted molar refractivity (Wildman–Crippen MR) is 442 cm³/mol. The Balaban J connectivity index is 0.000000117. The largest absolute Gasteiger partial charge is 0.309 e. The zero-order valence-electron chi connectivity index (χ0n) is 56.4. The Labute approximate surface area is 617 Å². The monoisotopic (exact) mass is 1400 g/mol. The molecule has 1 aliphatic carbocycles. The molecule has 0 aliphatic heterocycles. The number of fused-ring (bicyclic) bond motifs is 18. The number of nitrogens with zero attached hydrogens (tertiary/aromatic N) is 7. The van der Waals surface area contributed by atoms with Gasteiger partial charge < -0.3 is 4.57 Å². The SMILES string of the molecule is Clc1ccc2sc3cccc(-c4nc(-c5ccccc5)nc(-c5ccccc5)n4)c3c2c1.c1ccc(-c2nc(-c3ccccc3)nc(-c3cccc4sc5ccc(-n6c7cc8ccccc8cc7c7c8ccccc8ccc76)cc5c34)n2)cc1.c1ccc2cc3c(cc2c1)Cc1ccc2ccccc2c1-3. The fourth-order valence-electron chi connectivity index (χ4n) is 15.4. The molecule has 5 heterocycles. The molecule has 0 unspecified atom stereocenters. The van der Waals surface area contributed by atoms with Crippen LogP contribution >= 0.6 is 34.3 Å².